The number of nitrogens with one attached hydrogen (secondary N) is 2. The molecule has 25 heavy (non-hydrogen) atoms. The van der Waals surface area contributed by atoms with Crippen molar-refractivity contribution in [1.29, 1.82) is 0 Å². The number of rotatable bonds is 6. The standard InChI is InChI=1S/C18H27F3N4/c1-22-17(23-11-10-18(19,20)21)24-13-16-9-5-6-12-25(16)14-15-7-3-2-4-8-15/h2-4,7-8,16H,5-6,9-14H2,1H3,(H2,22,23,24). The molecule has 1 aliphatic heterocycles. The van der Waals surface area contributed by atoms with Gasteiger partial charge in [0.25, 0.3) is 0 Å². The number of guanidine groups is 1. The summed E-state index contributed by atoms with van der Waals surface area (Å²) in [5, 5.41) is 5.90. The fourth-order valence-electron chi connectivity index (χ4n) is 3.07. The van der Waals surface area contributed by atoms with Gasteiger partial charge in [-0.2, -0.15) is 13.2 Å². The highest BCUT2D eigenvalue weighted by atomic mass is 19.4. The molecule has 1 heterocycles. The fourth-order valence-corrected chi connectivity index (χ4v) is 3.07. The number of benzene rings is 1. The quantitative estimate of drug-likeness (QED) is 0.608. The van der Waals surface area contributed by atoms with Gasteiger partial charge in [0.2, 0.25) is 0 Å². The molecule has 2 N–H and O–H groups in total. The summed E-state index contributed by atoms with van der Waals surface area (Å²) in [5.74, 6) is 0.425. The Morgan fingerprint density at radius 1 is 1.20 bits per heavy atom. The van der Waals surface area contributed by atoms with Crippen LogP contribution < -0.4 is 10.6 Å². The second-order valence-electron chi connectivity index (χ2n) is 6.35. The Balaban J connectivity index is 1.81. The number of halogens is 3. The Bertz CT molecular complexity index is 531. The minimum atomic E-state index is -4.15. The molecular formula is C18H27F3N4. The van der Waals surface area contributed by atoms with Crippen molar-refractivity contribution < 1.29 is 13.2 Å². The first kappa shape index (κ1) is 19.6. The van der Waals surface area contributed by atoms with Crippen molar-refractivity contribution in [3.05, 3.63) is 35.9 Å². The van der Waals surface area contributed by atoms with Crippen LogP contribution in [0.4, 0.5) is 13.2 Å². The van der Waals surface area contributed by atoms with E-state index in [1.165, 1.54) is 18.4 Å². The minimum Gasteiger partial charge on any atom is -0.356 e. The molecule has 1 aliphatic rings. The fraction of sp³-hybridized carbons (Fsp3) is 0.611. The molecule has 0 spiro atoms. The topological polar surface area (TPSA) is 39.7 Å². The third-order valence-corrected chi connectivity index (χ3v) is 4.41. The molecule has 1 fully saturated rings. The van der Waals surface area contributed by atoms with Crippen LogP contribution in [0.25, 0.3) is 0 Å². The van der Waals surface area contributed by atoms with Gasteiger partial charge < -0.3 is 10.6 Å². The molecule has 0 aliphatic carbocycles. The maximum Gasteiger partial charge on any atom is 0.390 e. The maximum absolute atomic E-state index is 12.2. The molecule has 0 aromatic heterocycles. The highest BCUT2D eigenvalue weighted by Crippen LogP contribution is 2.19. The van der Waals surface area contributed by atoms with Crippen LogP contribution in [0, 0.1) is 0 Å². The summed E-state index contributed by atoms with van der Waals surface area (Å²) in [4.78, 5) is 6.45. The van der Waals surface area contributed by atoms with Crippen LogP contribution in [-0.4, -0.2) is 49.8 Å². The van der Waals surface area contributed by atoms with Crippen molar-refractivity contribution in [3.8, 4) is 0 Å². The SMILES string of the molecule is CN=C(NCCC(F)(F)F)NCC1CCCCN1Cc1ccccc1. The van der Waals surface area contributed by atoms with Crippen LogP contribution >= 0.6 is 0 Å². The summed E-state index contributed by atoms with van der Waals surface area (Å²) >= 11 is 0. The normalized spacial score (nSPS) is 19.7. The van der Waals surface area contributed by atoms with Crippen molar-refractivity contribution in [2.75, 3.05) is 26.7 Å². The van der Waals surface area contributed by atoms with Crippen LogP contribution in [0.1, 0.15) is 31.2 Å². The van der Waals surface area contributed by atoms with E-state index in [-0.39, 0.29) is 6.54 Å². The predicted molar refractivity (Wildman–Crippen MR) is 94.5 cm³/mol. The average Bonchev–Trinajstić information content (AvgIpc) is 2.59. The lowest BCUT2D eigenvalue weighted by Gasteiger charge is -2.36. The molecule has 1 aromatic rings. The van der Waals surface area contributed by atoms with Gasteiger partial charge in [0.15, 0.2) is 5.96 Å². The van der Waals surface area contributed by atoms with E-state index in [0.29, 0.717) is 18.5 Å². The van der Waals surface area contributed by atoms with Crippen LogP contribution in [0.2, 0.25) is 0 Å². The molecule has 1 saturated heterocycles. The van der Waals surface area contributed by atoms with Crippen molar-refractivity contribution in [2.45, 2.75) is 44.4 Å². The molecular weight excluding hydrogens is 329 g/mol. The van der Waals surface area contributed by atoms with E-state index in [9.17, 15) is 13.2 Å². The zero-order valence-corrected chi connectivity index (χ0v) is 14.6. The number of aliphatic imine (C=N–C) groups is 1. The maximum atomic E-state index is 12.2. The highest BCUT2D eigenvalue weighted by Gasteiger charge is 2.26. The monoisotopic (exact) mass is 356 g/mol. The Labute approximate surface area is 147 Å². The second-order valence-corrected chi connectivity index (χ2v) is 6.35. The summed E-state index contributed by atoms with van der Waals surface area (Å²) in [6.45, 7) is 2.45. The van der Waals surface area contributed by atoms with E-state index in [0.717, 1.165) is 19.5 Å². The van der Waals surface area contributed by atoms with E-state index < -0.39 is 12.6 Å². The molecule has 2 rings (SSSR count). The first-order valence-corrected chi connectivity index (χ1v) is 8.77. The molecule has 140 valence electrons. The molecule has 0 amide bonds. The minimum absolute atomic E-state index is 0.165. The molecule has 0 saturated carbocycles. The van der Waals surface area contributed by atoms with Crippen LogP contribution in [-0.2, 0) is 6.54 Å². The van der Waals surface area contributed by atoms with Gasteiger partial charge in [0.05, 0.1) is 6.42 Å². The summed E-state index contributed by atoms with van der Waals surface area (Å²) in [6, 6.07) is 10.7. The van der Waals surface area contributed by atoms with Gasteiger partial charge in [-0.1, -0.05) is 36.8 Å². The zero-order chi connectivity index (χ0) is 18.1. The lowest BCUT2D eigenvalue weighted by atomic mass is 10.0. The summed E-state index contributed by atoms with van der Waals surface area (Å²) in [7, 11) is 1.57. The van der Waals surface area contributed by atoms with Crippen LogP contribution in [0.15, 0.2) is 35.3 Å². The number of hydrogen-bond donors (Lipinski definition) is 2. The number of hydrogen-bond acceptors (Lipinski definition) is 2. The summed E-state index contributed by atoms with van der Waals surface area (Å²) in [5.41, 5.74) is 1.28. The lowest BCUT2D eigenvalue weighted by molar-refractivity contribution is -0.132. The number of alkyl halides is 3. The lowest BCUT2D eigenvalue weighted by Crippen LogP contribution is -2.49. The van der Waals surface area contributed by atoms with Crippen molar-refractivity contribution >= 4 is 5.96 Å². The molecule has 1 unspecified atom stereocenters. The Hall–Kier alpha value is -1.76. The molecule has 1 aromatic carbocycles. The van der Waals surface area contributed by atoms with Gasteiger partial charge in [0, 0.05) is 32.7 Å². The average molecular weight is 356 g/mol. The third-order valence-electron chi connectivity index (χ3n) is 4.41. The van der Waals surface area contributed by atoms with Gasteiger partial charge in [-0.05, 0) is 24.9 Å². The highest BCUT2D eigenvalue weighted by molar-refractivity contribution is 5.79. The van der Waals surface area contributed by atoms with Gasteiger partial charge in [-0.25, -0.2) is 0 Å². The van der Waals surface area contributed by atoms with Crippen molar-refractivity contribution in [3.63, 3.8) is 0 Å². The zero-order valence-electron chi connectivity index (χ0n) is 14.6. The van der Waals surface area contributed by atoms with E-state index in [4.69, 9.17) is 0 Å². The van der Waals surface area contributed by atoms with Gasteiger partial charge in [-0.3, -0.25) is 9.89 Å². The first-order valence-electron chi connectivity index (χ1n) is 8.77. The molecule has 0 radical (unpaired) electrons. The smallest absolute Gasteiger partial charge is 0.356 e. The van der Waals surface area contributed by atoms with Crippen LogP contribution in [0.3, 0.4) is 0 Å². The number of nitrogens with zero attached hydrogens (tertiary/aromatic N) is 2. The van der Waals surface area contributed by atoms with Crippen molar-refractivity contribution in [2.24, 2.45) is 4.99 Å². The van der Waals surface area contributed by atoms with Gasteiger partial charge in [0.1, 0.15) is 0 Å². The number of piperidine rings is 1. The van der Waals surface area contributed by atoms with Crippen molar-refractivity contribution in [1.82, 2.24) is 15.5 Å². The summed E-state index contributed by atoms with van der Waals surface area (Å²) in [6.07, 6.45) is -1.57. The van der Waals surface area contributed by atoms with E-state index in [2.05, 4.69) is 32.7 Å². The van der Waals surface area contributed by atoms with E-state index >= 15 is 0 Å². The third kappa shape index (κ3) is 7.34. The second kappa shape index (κ2) is 9.65. The number of likely N-dealkylation sites (tertiary alicyclic amines) is 1. The van der Waals surface area contributed by atoms with Gasteiger partial charge in [-0.15, -0.1) is 0 Å². The largest absolute Gasteiger partial charge is 0.390 e. The molecule has 7 heteroatoms. The van der Waals surface area contributed by atoms with E-state index in [1.807, 2.05) is 18.2 Å². The van der Waals surface area contributed by atoms with Crippen LogP contribution in [0.5, 0.6) is 0 Å². The molecule has 1 atom stereocenters. The Morgan fingerprint density at radius 2 is 1.96 bits per heavy atom. The van der Waals surface area contributed by atoms with Gasteiger partial charge >= 0.3 is 6.18 Å². The summed E-state index contributed by atoms with van der Waals surface area (Å²) < 4.78 is 36.7. The Morgan fingerprint density at radius 3 is 2.64 bits per heavy atom. The van der Waals surface area contributed by atoms with E-state index in [1.54, 1.807) is 7.05 Å². The predicted octanol–water partition coefficient (Wildman–Crippen LogP) is 3.16. The molecule has 0 bridgehead atoms. The first-order chi connectivity index (χ1) is 12.0. The Kier molecular flexibility index (Phi) is 7.55. The molecule has 4 nitrogen and oxygen atoms in total.